The summed E-state index contributed by atoms with van der Waals surface area (Å²) in [5.74, 6) is 0.0595. The molecule has 0 radical (unpaired) electrons. The molecular weight excluding hydrogens is 440 g/mol. The average Bonchev–Trinajstić information content (AvgIpc) is 3.35. The number of esters is 1. The normalized spacial score (nSPS) is 14.9. The lowest BCUT2D eigenvalue weighted by Crippen LogP contribution is -2.35. The van der Waals surface area contributed by atoms with Gasteiger partial charge in [-0.2, -0.15) is 0 Å². The largest absolute Gasteiger partial charge is 0.465 e. The first-order valence-electron chi connectivity index (χ1n) is 12.2. The van der Waals surface area contributed by atoms with Crippen molar-refractivity contribution in [3.63, 3.8) is 0 Å². The zero-order chi connectivity index (χ0) is 24.2. The molecule has 5 rings (SSSR count). The van der Waals surface area contributed by atoms with Crippen LogP contribution in [0.3, 0.4) is 0 Å². The molecule has 7 nitrogen and oxygen atoms in total. The van der Waals surface area contributed by atoms with E-state index in [1.165, 1.54) is 12.7 Å². The number of likely N-dealkylation sites (tertiary alicyclic amines) is 1. The summed E-state index contributed by atoms with van der Waals surface area (Å²) in [7, 11) is 1.42. The summed E-state index contributed by atoms with van der Waals surface area (Å²) in [5, 5.41) is 4.93. The molecule has 2 aromatic heterocycles. The van der Waals surface area contributed by atoms with Gasteiger partial charge in [0.25, 0.3) is 5.91 Å². The summed E-state index contributed by atoms with van der Waals surface area (Å²) in [6.45, 7) is 3.59. The third-order valence-corrected chi connectivity index (χ3v) is 7.00. The summed E-state index contributed by atoms with van der Waals surface area (Å²) in [4.78, 5) is 35.1. The molecule has 4 aromatic rings. The quantitative estimate of drug-likeness (QED) is 0.307. The molecule has 0 bridgehead atoms. The maximum Gasteiger partial charge on any atom is 0.338 e. The van der Waals surface area contributed by atoms with Gasteiger partial charge in [-0.25, -0.2) is 4.79 Å². The number of pyridine rings is 1. The number of piperidine rings is 1. The fourth-order valence-corrected chi connectivity index (χ4v) is 5.17. The van der Waals surface area contributed by atoms with Gasteiger partial charge in [0.15, 0.2) is 0 Å². The highest BCUT2D eigenvalue weighted by atomic mass is 16.5. The van der Waals surface area contributed by atoms with Crippen molar-refractivity contribution >= 4 is 33.7 Å². The molecule has 3 heterocycles. The van der Waals surface area contributed by atoms with E-state index in [-0.39, 0.29) is 11.9 Å². The highest BCUT2D eigenvalue weighted by Crippen LogP contribution is 2.35. The first kappa shape index (κ1) is 23.1. The Labute approximate surface area is 204 Å². The molecule has 1 saturated heterocycles. The molecule has 0 spiro atoms. The number of H-pyrrole nitrogens is 1. The molecule has 0 aliphatic carbocycles. The number of nitrogens with zero attached hydrogens (tertiary/aromatic N) is 2. The lowest BCUT2D eigenvalue weighted by atomic mass is 9.88. The Kier molecular flexibility index (Phi) is 6.77. The Hall–Kier alpha value is -3.71. The van der Waals surface area contributed by atoms with Gasteiger partial charge in [0, 0.05) is 35.2 Å². The van der Waals surface area contributed by atoms with Gasteiger partial charge >= 0.3 is 5.97 Å². The van der Waals surface area contributed by atoms with Crippen LogP contribution in [0.5, 0.6) is 0 Å². The van der Waals surface area contributed by atoms with Crippen LogP contribution in [0.25, 0.3) is 21.8 Å². The van der Waals surface area contributed by atoms with Crippen molar-refractivity contribution in [1.29, 1.82) is 0 Å². The third-order valence-electron chi connectivity index (χ3n) is 7.00. The van der Waals surface area contributed by atoms with Crippen LogP contribution in [0.4, 0.5) is 0 Å². The van der Waals surface area contributed by atoms with Crippen molar-refractivity contribution < 1.29 is 14.3 Å². The summed E-state index contributed by atoms with van der Waals surface area (Å²) in [6, 6.07) is 15.2. The highest BCUT2D eigenvalue weighted by Gasteiger charge is 2.25. The standard InChI is InChI=1S/C28H30N4O3/c1-35-28(34)22-7-4-9-25-26(22)23(18-31-25)19-11-16-32(17-12-19)15-5-13-30-27(33)21-10-14-29-24-8-3-2-6-20(21)24/h2-4,6-10,14,18-19,31H,5,11-13,15-17H2,1H3,(H,30,33). The van der Waals surface area contributed by atoms with Crippen molar-refractivity contribution in [1.82, 2.24) is 20.2 Å². The zero-order valence-electron chi connectivity index (χ0n) is 19.9. The SMILES string of the molecule is COC(=O)c1cccc2[nH]cc(C3CCN(CCCNC(=O)c4ccnc5ccccc45)CC3)c12. The Morgan fingerprint density at radius 3 is 2.74 bits per heavy atom. The second-order valence-electron chi connectivity index (χ2n) is 9.06. The predicted octanol–water partition coefficient (Wildman–Crippen LogP) is 4.50. The molecule has 1 fully saturated rings. The van der Waals surface area contributed by atoms with Crippen LogP contribution in [0, 0.1) is 0 Å². The number of para-hydroxylation sites is 1. The van der Waals surface area contributed by atoms with Crippen LogP contribution in [0.2, 0.25) is 0 Å². The van der Waals surface area contributed by atoms with Gasteiger partial charge in [0.05, 0.1) is 23.8 Å². The fourth-order valence-electron chi connectivity index (χ4n) is 5.17. The van der Waals surface area contributed by atoms with E-state index in [4.69, 9.17) is 4.74 Å². The van der Waals surface area contributed by atoms with Crippen molar-refractivity contribution in [3.05, 3.63) is 77.6 Å². The van der Waals surface area contributed by atoms with Crippen LogP contribution in [-0.4, -0.2) is 60.0 Å². The van der Waals surface area contributed by atoms with Crippen LogP contribution < -0.4 is 5.32 Å². The topological polar surface area (TPSA) is 87.3 Å². The number of nitrogens with one attached hydrogen (secondary N) is 2. The number of benzene rings is 2. The van der Waals surface area contributed by atoms with E-state index >= 15 is 0 Å². The van der Waals surface area contributed by atoms with Gasteiger partial charge in [-0.15, -0.1) is 0 Å². The lowest BCUT2D eigenvalue weighted by molar-refractivity contribution is 0.0602. The first-order valence-corrected chi connectivity index (χ1v) is 12.2. The number of ether oxygens (including phenoxy) is 1. The Bertz CT molecular complexity index is 1350. The molecule has 7 heteroatoms. The highest BCUT2D eigenvalue weighted by molar-refractivity contribution is 6.06. The molecule has 0 saturated carbocycles. The van der Waals surface area contributed by atoms with E-state index in [0.717, 1.165) is 60.7 Å². The average molecular weight is 471 g/mol. The van der Waals surface area contributed by atoms with Crippen LogP contribution in [-0.2, 0) is 4.74 Å². The number of aromatic nitrogens is 2. The molecule has 2 N–H and O–H groups in total. The molecule has 1 amide bonds. The summed E-state index contributed by atoms with van der Waals surface area (Å²) < 4.78 is 5.00. The van der Waals surface area contributed by atoms with E-state index in [2.05, 4.69) is 26.4 Å². The number of amides is 1. The predicted molar refractivity (Wildman–Crippen MR) is 137 cm³/mol. The van der Waals surface area contributed by atoms with Crippen molar-refractivity contribution in [2.45, 2.75) is 25.2 Å². The van der Waals surface area contributed by atoms with Gasteiger partial charge in [-0.1, -0.05) is 24.3 Å². The molecule has 1 aliphatic heterocycles. The van der Waals surface area contributed by atoms with Gasteiger partial charge in [-0.3, -0.25) is 9.78 Å². The minimum Gasteiger partial charge on any atom is -0.465 e. The molecular formula is C28H30N4O3. The summed E-state index contributed by atoms with van der Waals surface area (Å²) >= 11 is 0. The van der Waals surface area contributed by atoms with Crippen molar-refractivity contribution in [3.8, 4) is 0 Å². The maximum atomic E-state index is 12.7. The zero-order valence-corrected chi connectivity index (χ0v) is 19.9. The molecule has 0 atom stereocenters. The van der Waals surface area contributed by atoms with E-state index in [1.807, 2.05) is 42.5 Å². The van der Waals surface area contributed by atoms with Crippen molar-refractivity contribution in [2.24, 2.45) is 0 Å². The lowest BCUT2D eigenvalue weighted by Gasteiger charge is -2.32. The van der Waals surface area contributed by atoms with Crippen LogP contribution in [0.1, 0.15) is 51.5 Å². The number of hydrogen-bond donors (Lipinski definition) is 2. The van der Waals surface area contributed by atoms with Crippen LogP contribution >= 0.6 is 0 Å². The molecule has 2 aromatic carbocycles. The van der Waals surface area contributed by atoms with Gasteiger partial charge < -0.3 is 19.9 Å². The second-order valence-corrected chi connectivity index (χ2v) is 9.06. The Morgan fingerprint density at radius 1 is 1.09 bits per heavy atom. The number of aromatic amines is 1. The van der Waals surface area contributed by atoms with Gasteiger partial charge in [0.1, 0.15) is 0 Å². The minimum atomic E-state index is -0.296. The monoisotopic (exact) mass is 470 g/mol. The van der Waals surface area contributed by atoms with E-state index < -0.39 is 0 Å². The molecule has 180 valence electrons. The number of rotatable bonds is 7. The van der Waals surface area contributed by atoms with E-state index in [0.29, 0.717) is 23.6 Å². The fraction of sp³-hybridized carbons (Fsp3) is 0.321. The number of carbonyl (C=O) groups is 2. The third kappa shape index (κ3) is 4.77. The number of hydrogen-bond acceptors (Lipinski definition) is 5. The van der Waals surface area contributed by atoms with Gasteiger partial charge in [0.2, 0.25) is 0 Å². The number of carbonyl (C=O) groups excluding carboxylic acids is 2. The second kappa shape index (κ2) is 10.3. The maximum absolute atomic E-state index is 12.7. The minimum absolute atomic E-state index is 0.0527. The molecule has 1 aliphatic rings. The smallest absolute Gasteiger partial charge is 0.338 e. The summed E-state index contributed by atoms with van der Waals surface area (Å²) in [6.07, 6.45) is 6.72. The first-order chi connectivity index (χ1) is 17.2. The molecule has 35 heavy (non-hydrogen) atoms. The Morgan fingerprint density at radius 2 is 1.91 bits per heavy atom. The van der Waals surface area contributed by atoms with Crippen LogP contribution in [0.15, 0.2) is 60.9 Å². The number of methoxy groups -OCH3 is 1. The summed E-state index contributed by atoms with van der Waals surface area (Å²) in [5.41, 5.74) is 4.31. The van der Waals surface area contributed by atoms with Crippen molar-refractivity contribution in [2.75, 3.05) is 33.3 Å². The molecule has 0 unspecified atom stereocenters. The number of fused-ring (bicyclic) bond motifs is 2. The Balaban J connectivity index is 1.13. The van der Waals surface area contributed by atoms with Gasteiger partial charge in [-0.05, 0) is 74.6 Å². The van der Waals surface area contributed by atoms with E-state index in [1.54, 1.807) is 12.3 Å². The van der Waals surface area contributed by atoms with E-state index in [9.17, 15) is 9.59 Å².